The van der Waals surface area contributed by atoms with E-state index < -0.39 is 14.9 Å². The lowest BCUT2D eigenvalue weighted by atomic mass is 10.3. The molecule has 4 rings (SSSR count). The van der Waals surface area contributed by atoms with Gasteiger partial charge in [0.1, 0.15) is 23.8 Å². The van der Waals surface area contributed by atoms with Gasteiger partial charge in [-0.3, -0.25) is 14.7 Å². The molecule has 3 aromatic rings. The Morgan fingerprint density at radius 2 is 1.70 bits per heavy atom. The Hall–Kier alpha value is -3.38. The van der Waals surface area contributed by atoms with Crippen molar-refractivity contribution in [3.05, 3.63) is 65.0 Å². The van der Waals surface area contributed by atoms with Gasteiger partial charge in [0.15, 0.2) is 0 Å². The van der Waals surface area contributed by atoms with E-state index in [-0.39, 0.29) is 23.7 Å². The van der Waals surface area contributed by atoms with Crippen molar-refractivity contribution in [3.63, 3.8) is 0 Å². The molecule has 3 heterocycles. The number of anilines is 1. The molecule has 1 aliphatic rings. The van der Waals surface area contributed by atoms with Crippen molar-refractivity contribution in [2.75, 3.05) is 31.1 Å². The number of sulfonamides is 1. The predicted octanol–water partition coefficient (Wildman–Crippen LogP) is 1.39. The summed E-state index contributed by atoms with van der Waals surface area (Å²) in [7, 11) is -3.72. The quantitative estimate of drug-likeness (QED) is 0.440. The van der Waals surface area contributed by atoms with E-state index in [1.165, 1.54) is 28.6 Å². The highest BCUT2D eigenvalue weighted by atomic mass is 32.2. The van der Waals surface area contributed by atoms with E-state index in [0.29, 0.717) is 24.7 Å². The highest BCUT2D eigenvalue weighted by molar-refractivity contribution is 7.89. The smallest absolute Gasteiger partial charge is 0.269 e. The first kappa shape index (κ1) is 19.9. The molecule has 0 saturated carbocycles. The molecule has 30 heavy (non-hydrogen) atoms. The van der Waals surface area contributed by atoms with E-state index in [4.69, 9.17) is 0 Å². The number of aromatic nitrogens is 4. The molecule has 0 radical (unpaired) electrons. The SMILES string of the molecule is Cc1nc(N2CCN(S(=O)(=O)c3ccc([N+](=O)[O-])cc3)CC2)cc(-n2ccnc2)n1. The van der Waals surface area contributed by atoms with E-state index in [1.807, 2.05) is 11.0 Å². The number of hydrogen-bond acceptors (Lipinski definition) is 8. The fourth-order valence-electron chi connectivity index (χ4n) is 3.27. The third kappa shape index (κ3) is 3.86. The van der Waals surface area contributed by atoms with Crippen LogP contribution in [0.3, 0.4) is 0 Å². The third-order valence-electron chi connectivity index (χ3n) is 4.83. The van der Waals surface area contributed by atoms with Gasteiger partial charge in [0.2, 0.25) is 10.0 Å². The summed E-state index contributed by atoms with van der Waals surface area (Å²) in [6.45, 7) is 3.29. The lowest BCUT2D eigenvalue weighted by Gasteiger charge is -2.34. The van der Waals surface area contributed by atoms with Crippen LogP contribution in [0.5, 0.6) is 0 Å². The van der Waals surface area contributed by atoms with Crippen LogP contribution in [-0.4, -0.2) is 63.3 Å². The first-order valence-corrected chi connectivity index (χ1v) is 10.6. The maximum absolute atomic E-state index is 12.9. The number of nitro groups is 1. The van der Waals surface area contributed by atoms with Crippen molar-refractivity contribution >= 4 is 21.5 Å². The number of nitro benzene ring substituents is 1. The number of nitrogens with zero attached hydrogens (tertiary/aromatic N) is 7. The number of hydrogen-bond donors (Lipinski definition) is 0. The monoisotopic (exact) mass is 429 g/mol. The molecule has 0 spiro atoms. The zero-order chi connectivity index (χ0) is 21.3. The lowest BCUT2D eigenvalue weighted by Crippen LogP contribution is -2.49. The molecule has 0 aliphatic carbocycles. The van der Waals surface area contributed by atoms with Crippen molar-refractivity contribution in [2.24, 2.45) is 0 Å². The molecule has 12 heteroatoms. The fraction of sp³-hybridized carbons (Fsp3) is 0.278. The Balaban J connectivity index is 1.49. The second-order valence-corrected chi connectivity index (χ2v) is 8.68. The van der Waals surface area contributed by atoms with E-state index in [0.717, 1.165) is 5.82 Å². The molecule has 0 N–H and O–H groups in total. The van der Waals surface area contributed by atoms with Crippen LogP contribution in [0, 0.1) is 17.0 Å². The average molecular weight is 429 g/mol. The Morgan fingerprint density at radius 1 is 1.03 bits per heavy atom. The van der Waals surface area contributed by atoms with Gasteiger partial charge >= 0.3 is 0 Å². The minimum Gasteiger partial charge on any atom is -0.354 e. The maximum Gasteiger partial charge on any atom is 0.269 e. The molecule has 1 saturated heterocycles. The minimum absolute atomic E-state index is 0.0434. The second-order valence-electron chi connectivity index (χ2n) is 6.74. The van der Waals surface area contributed by atoms with Crippen LogP contribution in [0.2, 0.25) is 0 Å². The number of benzene rings is 1. The van der Waals surface area contributed by atoms with Crippen LogP contribution in [0.1, 0.15) is 5.82 Å². The van der Waals surface area contributed by atoms with Gasteiger partial charge in [-0.05, 0) is 19.1 Å². The van der Waals surface area contributed by atoms with Gasteiger partial charge in [-0.25, -0.2) is 23.4 Å². The summed E-state index contributed by atoms with van der Waals surface area (Å²) < 4.78 is 28.9. The zero-order valence-electron chi connectivity index (χ0n) is 16.1. The summed E-state index contributed by atoms with van der Waals surface area (Å²) in [5, 5.41) is 10.8. The Bertz CT molecular complexity index is 1160. The number of aryl methyl sites for hydroxylation is 1. The van der Waals surface area contributed by atoms with Crippen molar-refractivity contribution in [3.8, 4) is 5.82 Å². The molecule has 11 nitrogen and oxygen atoms in total. The topological polar surface area (TPSA) is 127 Å². The van der Waals surface area contributed by atoms with Gasteiger partial charge in [-0.2, -0.15) is 4.31 Å². The van der Waals surface area contributed by atoms with Gasteiger partial charge in [0, 0.05) is 56.8 Å². The summed E-state index contributed by atoms with van der Waals surface area (Å²) in [5.41, 5.74) is -0.147. The molecule has 0 amide bonds. The minimum atomic E-state index is -3.72. The first-order chi connectivity index (χ1) is 14.3. The maximum atomic E-state index is 12.9. The van der Waals surface area contributed by atoms with Crippen LogP contribution in [-0.2, 0) is 10.0 Å². The van der Waals surface area contributed by atoms with Crippen molar-refractivity contribution in [1.82, 2.24) is 23.8 Å². The molecule has 1 fully saturated rings. The van der Waals surface area contributed by atoms with E-state index >= 15 is 0 Å². The third-order valence-corrected chi connectivity index (χ3v) is 6.74. The highest BCUT2D eigenvalue weighted by Gasteiger charge is 2.29. The molecule has 1 aromatic carbocycles. The fourth-order valence-corrected chi connectivity index (χ4v) is 4.69. The number of rotatable bonds is 5. The van der Waals surface area contributed by atoms with Crippen LogP contribution in [0.15, 0.2) is 53.9 Å². The largest absolute Gasteiger partial charge is 0.354 e. The van der Waals surface area contributed by atoms with Crippen molar-refractivity contribution < 1.29 is 13.3 Å². The van der Waals surface area contributed by atoms with E-state index in [9.17, 15) is 18.5 Å². The lowest BCUT2D eigenvalue weighted by molar-refractivity contribution is -0.384. The van der Waals surface area contributed by atoms with Gasteiger partial charge in [0.05, 0.1) is 9.82 Å². The highest BCUT2D eigenvalue weighted by Crippen LogP contribution is 2.23. The molecule has 2 aromatic heterocycles. The standard InChI is InChI=1S/C18H19N7O4S/c1-14-20-17(12-18(21-14)23-7-6-19-13-23)22-8-10-24(11-9-22)30(28,29)16-4-2-15(3-5-16)25(26)27/h2-7,12-13H,8-11H2,1H3. The zero-order valence-corrected chi connectivity index (χ0v) is 16.9. The number of piperazine rings is 1. The van der Waals surface area contributed by atoms with E-state index in [2.05, 4.69) is 15.0 Å². The summed E-state index contributed by atoms with van der Waals surface area (Å²) in [6.07, 6.45) is 5.11. The number of imidazole rings is 1. The summed E-state index contributed by atoms with van der Waals surface area (Å²) in [4.78, 5) is 25.2. The van der Waals surface area contributed by atoms with Crippen LogP contribution in [0.25, 0.3) is 5.82 Å². The normalized spacial score (nSPS) is 15.3. The summed E-state index contributed by atoms with van der Waals surface area (Å²) >= 11 is 0. The van der Waals surface area contributed by atoms with E-state index in [1.54, 1.807) is 30.2 Å². The van der Waals surface area contributed by atoms with Crippen LogP contribution < -0.4 is 4.90 Å². The number of non-ortho nitro benzene ring substituents is 1. The molecular weight excluding hydrogens is 410 g/mol. The van der Waals surface area contributed by atoms with Gasteiger partial charge in [0.25, 0.3) is 5.69 Å². The molecule has 156 valence electrons. The Morgan fingerprint density at radius 3 is 2.30 bits per heavy atom. The van der Waals surface area contributed by atoms with Crippen LogP contribution >= 0.6 is 0 Å². The van der Waals surface area contributed by atoms with Gasteiger partial charge in [-0.15, -0.1) is 0 Å². The summed E-state index contributed by atoms with van der Waals surface area (Å²) in [6, 6.07) is 6.78. The molecule has 0 unspecified atom stereocenters. The van der Waals surface area contributed by atoms with Gasteiger partial charge < -0.3 is 4.90 Å². The predicted molar refractivity (Wildman–Crippen MR) is 108 cm³/mol. The van der Waals surface area contributed by atoms with Crippen molar-refractivity contribution in [1.29, 1.82) is 0 Å². The second kappa shape index (κ2) is 7.80. The molecule has 0 atom stereocenters. The Kier molecular flexibility index (Phi) is 5.18. The van der Waals surface area contributed by atoms with Crippen molar-refractivity contribution in [2.45, 2.75) is 11.8 Å². The molecule has 0 bridgehead atoms. The Labute approximate surface area is 172 Å². The first-order valence-electron chi connectivity index (χ1n) is 9.18. The van der Waals surface area contributed by atoms with Crippen LogP contribution in [0.4, 0.5) is 11.5 Å². The summed E-state index contributed by atoms with van der Waals surface area (Å²) in [5.74, 6) is 2.02. The molecule has 1 aliphatic heterocycles. The van der Waals surface area contributed by atoms with Gasteiger partial charge in [-0.1, -0.05) is 0 Å². The average Bonchev–Trinajstić information content (AvgIpc) is 3.28. The molecular formula is C18H19N7O4S.